The van der Waals surface area contributed by atoms with Crippen molar-refractivity contribution in [2.75, 3.05) is 38.3 Å². The predicted molar refractivity (Wildman–Crippen MR) is 91.8 cm³/mol. The van der Waals surface area contributed by atoms with Gasteiger partial charge in [-0.15, -0.1) is 11.3 Å². The maximum absolute atomic E-state index is 12.8. The SMILES string of the molecule is CN(Cc1cccc(C(F)(F)F)c1)Cc1cnc(N2CCOCC2)s1. The normalized spacial score (nSPS) is 15.8. The molecule has 1 saturated heterocycles. The van der Waals surface area contributed by atoms with E-state index in [9.17, 15) is 13.2 Å². The molecule has 1 aliphatic rings. The number of thiazole rings is 1. The van der Waals surface area contributed by atoms with Crippen molar-refractivity contribution < 1.29 is 17.9 Å². The lowest BCUT2D eigenvalue weighted by Crippen LogP contribution is -2.36. The van der Waals surface area contributed by atoms with E-state index in [0.29, 0.717) is 31.9 Å². The van der Waals surface area contributed by atoms with Gasteiger partial charge in [-0.3, -0.25) is 4.90 Å². The van der Waals surface area contributed by atoms with Gasteiger partial charge in [0, 0.05) is 37.3 Å². The van der Waals surface area contributed by atoms with Crippen LogP contribution in [-0.4, -0.2) is 43.2 Å². The van der Waals surface area contributed by atoms with Crippen molar-refractivity contribution in [1.29, 1.82) is 0 Å². The van der Waals surface area contributed by atoms with Crippen LogP contribution in [-0.2, 0) is 24.0 Å². The van der Waals surface area contributed by atoms with Gasteiger partial charge in [0.05, 0.1) is 18.8 Å². The Morgan fingerprint density at radius 3 is 2.72 bits per heavy atom. The van der Waals surface area contributed by atoms with Gasteiger partial charge in [0.1, 0.15) is 0 Å². The highest BCUT2D eigenvalue weighted by Crippen LogP contribution is 2.30. The van der Waals surface area contributed by atoms with Crippen LogP contribution in [0, 0.1) is 0 Å². The lowest BCUT2D eigenvalue weighted by molar-refractivity contribution is -0.137. The number of anilines is 1. The number of rotatable bonds is 5. The number of halogens is 3. The van der Waals surface area contributed by atoms with E-state index in [4.69, 9.17) is 4.74 Å². The number of aromatic nitrogens is 1. The van der Waals surface area contributed by atoms with E-state index >= 15 is 0 Å². The average Bonchev–Trinajstić information content (AvgIpc) is 3.03. The molecule has 0 aliphatic carbocycles. The van der Waals surface area contributed by atoms with Crippen LogP contribution in [0.2, 0.25) is 0 Å². The molecular weight excluding hydrogens is 351 g/mol. The predicted octanol–water partition coefficient (Wildman–Crippen LogP) is 3.63. The molecule has 2 aromatic rings. The summed E-state index contributed by atoms with van der Waals surface area (Å²) in [6.07, 6.45) is -2.46. The van der Waals surface area contributed by atoms with Gasteiger partial charge in [0.2, 0.25) is 0 Å². The van der Waals surface area contributed by atoms with E-state index in [1.807, 2.05) is 18.1 Å². The lowest BCUT2D eigenvalue weighted by atomic mass is 10.1. The standard InChI is InChI=1S/C17H20F3N3OS/c1-22(11-13-3-2-4-14(9-13)17(18,19)20)12-15-10-21-16(25-15)23-5-7-24-8-6-23/h2-4,9-10H,5-8,11-12H2,1H3. The van der Waals surface area contributed by atoms with E-state index < -0.39 is 11.7 Å². The first kappa shape index (κ1) is 18.2. The highest BCUT2D eigenvalue weighted by Gasteiger charge is 2.30. The van der Waals surface area contributed by atoms with Gasteiger partial charge in [-0.2, -0.15) is 13.2 Å². The molecule has 4 nitrogen and oxygen atoms in total. The Balaban J connectivity index is 1.59. The summed E-state index contributed by atoms with van der Waals surface area (Å²) in [5.74, 6) is 0. The quantitative estimate of drug-likeness (QED) is 0.803. The molecular formula is C17H20F3N3OS. The smallest absolute Gasteiger partial charge is 0.378 e. The third-order valence-corrected chi connectivity index (χ3v) is 5.00. The molecule has 1 fully saturated rings. The largest absolute Gasteiger partial charge is 0.416 e. The van der Waals surface area contributed by atoms with Crippen LogP contribution in [0.3, 0.4) is 0 Å². The third kappa shape index (κ3) is 4.93. The molecule has 0 atom stereocenters. The Labute approximate surface area is 148 Å². The zero-order valence-electron chi connectivity index (χ0n) is 13.9. The van der Waals surface area contributed by atoms with Crippen molar-refractivity contribution in [3.63, 3.8) is 0 Å². The van der Waals surface area contributed by atoms with Crippen molar-refractivity contribution >= 4 is 16.5 Å². The third-order valence-electron chi connectivity index (χ3n) is 3.96. The molecule has 2 heterocycles. The summed E-state index contributed by atoms with van der Waals surface area (Å²) in [7, 11) is 1.90. The van der Waals surface area contributed by atoms with Gasteiger partial charge in [-0.25, -0.2) is 4.98 Å². The highest BCUT2D eigenvalue weighted by molar-refractivity contribution is 7.15. The van der Waals surface area contributed by atoms with E-state index in [0.717, 1.165) is 29.2 Å². The molecule has 1 aromatic carbocycles. The Bertz CT molecular complexity index is 698. The molecule has 0 N–H and O–H groups in total. The van der Waals surface area contributed by atoms with Crippen molar-refractivity contribution in [2.45, 2.75) is 19.3 Å². The van der Waals surface area contributed by atoms with Gasteiger partial charge in [0.15, 0.2) is 5.13 Å². The summed E-state index contributed by atoms with van der Waals surface area (Å²) in [5.41, 5.74) is 0.0426. The first-order chi connectivity index (χ1) is 11.9. The van der Waals surface area contributed by atoms with Crippen LogP contribution in [0.4, 0.5) is 18.3 Å². The minimum absolute atomic E-state index is 0.453. The molecule has 25 heavy (non-hydrogen) atoms. The van der Waals surface area contributed by atoms with Gasteiger partial charge in [-0.1, -0.05) is 18.2 Å². The van der Waals surface area contributed by atoms with Crippen molar-refractivity contribution in [1.82, 2.24) is 9.88 Å². The first-order valence-electron chi connectivity index (χ1n) is 8.04. The Hall–Kier alpha value is -1.64. The van der Waals surface area contributed by atoms with Crippen LogP contribution in [0.15, 0.2) is 30.5 Å². The highest BCUT2D eigenvalue weighted by atomic mass is 32.1. The molecule has 8 heteroatoms. The summed E-state index contributed by atoms with van der Waals surface area (Å²) in [5, 5.41) is 0.978. The minimum atomic E-state index is -4.31. The number of hydrogen-bond acceptors (Lipinski definition) is 5. The number of morpholine rings is 1. The zero-order valence-corrected chi connectivity index (χ0v) is 14.7. The Morgan fingerprint density at radius 1 is 1.24 bits per heavy atom. The molecule has 0 unspecified atom stereocenters. The second-order valence-electron chi connectivity index (χ2n) is 6.08. The van der Waals surface area contributed by atoms with E-state index in [1.165, 1.54) is 12.1 Å². The molecule has 1 aromatic heterocycles. The molecule has 0 radical (unpaired) electrons. The van der Waals surface area contributed by atoms with E-state index in [-0.39, 0.29) is 0 Å². The molecule has 1 aliphatic heterocycles. The molecule has 0 bridgehead atoms. The van der Waals surface area contributed by atoms with Crippen LogP contribution >= 0.6 is 11.3 Å². The van der Waals surface area contributed by atoms with Crippen LogP contribution < -0.4 is 4.90 Å². The van der Waals surface area contributed by atoms with Crippen molar-refractivity contribution in [2.24, 2.45) is 0 Å². The number of benzene rings is 1. The molecule has 3 rings (SSSR count). The maximum atomic E-state index is 12.8. The van der Waals surface area contributed by atoms with Crippen LogP contribution in [0.25, 0.3) is 0 Å². The van der Waals surface area contributed by atoms with E-state index in [2.05, 4.69) is 9.88 Å². The van der Waals surface area contributed by atoms with Crippen molar-refractivity contribution in [3.05, 3.63) is 46.5 Å². The van der Waals surface area contributed by atoms with Crippen molar-refractivity contribution in [3.8, 4) is 0 Å². The summed E-state index contributed by atoms with van der Waals surface area (Å²) in [6, 6.07) is 5.48. The number of alkyl halides is 3. The van der Waals surface area contributed by atoms with Gasteiger partial charge in [-0.05, 0) is 18.7 Å². The van der Waals surface area contributed by atoms with Gasteiger partial charge in [0.25, 0.3) is 0 Å². The van der Waals surface area contributed by atoms with Crippen LogP contribution in [0.5, 0.6) is 0 Å². The fraction of sp³-hybridized carbons (Fsp3) is 0.471. The molecule has 136 valence electrons. The lowest BCUT2D eigenvalue weighted by Gasteiger charge is -2.26. The van der Waals surface area contributed by atoms with E-state index in [1.54, 1.807) is 17.4 Å². The monoisotopic (exact) mass is 371 g/mol. The first-order valence-corrected chi connectivity index (χ1v) is 8.85. The van der Waals surface area contributed by atoms with Gasteiger partial charge >= 0.3 is 6.18 Å². The summed E-state index contributed by atoms with van der Waals surface area (Å²) < 4.78 is 43.7. The Morgan fingerprint density at radius 2 is 2.00 bits per heavy atom. The zero-order chi connectivity index (χ0) is 17.9. The van der Waals surface area contributed by atoms with Crippen LogP contribution in [0.1, 0.15) is 16.0 Å². The van der Waals surface area contributed by atoms with Gasteiger partial charge < -0.3 is 9.64 Å². The maximum Gasteiger partial charge on any atom is 0.416 e. The number of ether oxygens (including phenoxy) is 1. The average molecular weight is 371 g/mol. The summed E-state index contributed by atoms with van der Waals surface area (Å²) in [6.45, 7) is 4.21. The number of hydrogen-bond donors (Lipinski definition) is 0. The summed E-state index contributed by atoms with van der Waals surface area (Å²) in [4.78, 5) is 9.74. The molecule has 0 amide bonds. The topological polar surface area (TPSA) is 28.6 Å². The Kier molecular flexibility index (Phi) is 5.61. The second kappa shape index (κ2) is 7.72. The fourth-order valence-electron chi connectivity index (χ4n) is 2.75. The molecule has 0 spiro atoms. The molecule has 0 saturated carbocycles. The summed E-state index contributed by atoms with van der Waals surface area (Å²) >= 11 is 1.62. The fourth-order valence-corrected chi connectivity index (χ4v) is 3.79. The minimum Gasteiger partial charge on any atom is -0.378 e. The second-order valence-corrected chi connectivity index (χ2v) is 7.17. The number of nitrogens with zero attached hydrogens (tertiary/aromatic N) is 3.